The van der Waals surface area contributed by atoms with Gasteiger partial charge in [-0.15, -0.1) is 0 Å². The van der Waals surface area contributed by atoms with Crippen LogP contribution in [0.1, 0.15) is 58.8 Å². The van der Waals surface area contributed by atoms with Gasteiger partial charge in [0.2, 0.25) is 17.7 Å². The molecule has 0 aliphatic heterocycles. The molecule has 0 saturated heterocycles. The van der Waals surface area contributed by atoms with Gasteiger partial charge >= 0.3 is 11.9 Å². The van der Waals surface area contributed by atoms with E-state index in [1.165, 1.54) is 0 Å². The summed E-state index contributed by atoms with van der Waals surface area (Å²) in [6, 6.07) is -4.93. The maximum absolute atomic E-state index is 12.9. The smallest absolute Gasteiger partial charge is 0.326 e. The lowest BCUT2D eigenvalue weighted by molar-refractivity contribution is -0.143. The van der Waals surface area contributed by atoms with Crippen LogP contribution in [0.25, 0.3) is 0 Å². The number of carbonyl (C=O) groups excluding carboxylic acids is 3. The number of carbonyl (C=O) groups is 5. The number of amides is 3. The fraction of sp³-hybridized carbons (Fsp3) is 0.727. The van der Waals surface area contributed by atoms with Crippen molar-refractivity contribution in [2.24, 2.45) is 33.8 Å². The molecule has 0 fully saturated rings. The number of nitrogens with two attached hydrogens (primary N) is 4. The molecule has 0 aromatic carbocycles. The number of unbranched alkanes of at least 4 members (excludes halogenated alkanes) is 1. The van der Waals surface area contributed by atoms with Crippen LogP contribution in [0.3, 0.4) is 0 Å². The predicted octanol–water partition coefficient (Wildman–Crippen LogP) is -2.44. The minimum absolute atomic E-state index is 0.0206. The lowest BCUT2D eigenvalue weighted by Crippen LogP contribution is -2.57. The van der Waals surface area contributed by atoms with E-state index < -0.39 is 60.2 Å². The summed E-state index contributed by atoms with van der Waals surface area (Å²) in [5.41, 5.74) is 21.8. The van der Waals surface area contributed by atoms with E-state index in [1.54, 1.807) is 0 Å². The van der Waals surface area contributed by atoms with Crippen molar-refractivity contribution >= 4 is 35.6 Å². The molecule has 0 aliphatic carbocycles. The zero-order valence-corrected chi connectivity index (χ0v) is 21.4. The number of hydrogen-bond acceptors (Lipinski definition) is 8. The van der Waals surface area contributed by atoms with Crippen LogP contribution in [-0.2, 0) is 24.0 Å². The van der Waals surface area contributed by atoms with Crippen molar-refractivity contribution in [3.63, 3.8) is 0 Å². The van der Waals surface area contributed by atoms with Gasteiger partial charge in [-0.3, -0.25) is 24.2 Å². The Morgan fingerprint density at radius 1 is 0.811 bits per heavy atom. The third kappa shape index (κ3) is 15.3. The largest absolute Gasteiger partial charge is 0.481 e. The number of guanidine groups is 1. The van der Waals surface area contributed by atoms with Crippen LogP contribution in [-0.4, -0.2) is 83.1 Å². The van der Waals surface area contributed by atoms with Crippen LogP contribution in [0.2, 0.25) is 0 Å². The summed E-state index contributed by atoms with van der Waals surface area (Å²) >= 11 is 0. The maximum atomic E-state index is 12.9. The van der Waals surface area contributed by atoms with Gasteiger partial charge < -0.3 is 49.1 Å². The van der Waals surface area contributed by atoms with Crippen molar-refractivity contribution in [1.29, 1.82) is 0 Å². The topological polar surface area (TPSA) is 278 Å². The van der Waals surface area contributed by atoms with Crippen LogP contribution in [0.4, 0.5) is 0 Å². The minimum Gasteiger partial charge on any atom is -0.481 e. The lowest BCUT2D eigenvalue weighted by Gasteiger charge is -2.25. The highest BCUT2D eigenvalue weighted by Gasteiger charge is 2.31. The zero-order chi connectivity index (χ0) is 28.5. The first-order valence-electron chi connectivity index (χ1n) is 12.1. The van der Waals surface area contributed by atoms with Gasteiger partial charge in [0.25, 0.3) is 0 Å². The summed E-state index contributed by atoms with van der Waals surface area (Å²) in [7, 11) is 0. The number of carboxylic acids is 2. The van der Waals surface area contributed by atoms with E-state index in [9.17, 15) is 34.2 Å². The molecule has 0 spiro atoms. The highest BCUT2D eigenvalue weighted by Crippen LogP contribution is 2.07. The summed E-state index contributed by atoms with van der Waals surface area (Å²) in [4.78, 5) is 64.9. The van der Waals surface area contributed by atoms with E-state index in [2.05, 4.69) is 20.9 Å². The average molecular weight is 531 g/mol. The van der Waals surface area contributed by atoms with Crippen molar-refractivity contribution in [2.45, 2.75) is 83.0 Å². The van der Waals surface area contributed by atoms with Crippen LogP contribution in [0.5, 0.6) is 0 Å². The molecule has 3 amide bonds. The Morgan fingerprint density at radius 2 is 1.35 bits per heavy atom. The Morgan fingerprint density at radius 3 is 1.86 bits per heavy atom. The van der Waals surface area contributed by atoms with Crippen molar-refractivity contribution in [3.05, 3.63) is 0 Å². The van der Waals surface area contributed by atoms with E-state index in [4.69, 9.17) is 22.9 Å². The highest BCUT2D eigenvalue weighted by molar-refractivity contribution is 5.95. The molecule has 0 aromatic rings. The number of aliphatic imine (C=N–C) groups is 1. The van der Waals surface area contributed by atoms with E-state index in [0.717, 1.165) is 0 Å². The minimum atomic E-state index is -1.50. The molecule has 37 heavy (non-hydrogen) atoms. The summed E-state index contributed by atoms with van der Waals surface area (Å²) in [6.45, 7) is 4.19. The predicted molar refractivity (Wildman–Crippen MR) is 136 cm³/mol. The monoisotopic (exact) mass is 530 g/mol. The second kappa shape index (κ2) is 17.9. The lowest BCUT2D eigenvalue weighted by atomic mass is 10.0. The molecule has 0 bridgehead atoms. The SMILES string of the molecule is CC(C)CC(N)C(=O)NC(CC(=O)O)C(=O)NC(CCCCN)C(=O)NC(CCCN=C(N)N)C(=O)O. The highest BCUT2D eigenvalue weighted by atomic mass is 16.4. The van der Waals surface area contributed by atoms with Gasteiger partial charge in [-0.2, -0.15) is 0 Å². The van der Waals surface area contributed by atoms with Gasteiger partial charge in [0.05, 0.1) is 12.5 Å². The Balaban J connectivity index is 5.51. The first-order valence-corrected chi connectivity index (χ1v) is 12.1. The average Bonchev–Trinajstić information content (AvgIpc) is 2.78. The molecule has 15 heteroatoms. The Hall–Kier alpha value is -3.46. The third-order valence-corrected chi connectivity index (χ3v) is 5.21. The number of carboxylic acid groups (broad SMARTS) is 2. The van der Waals surface area contributed by atoms with E-state index in [-0.39, 0.29) is 37.7 Å². The standard InChI is InChI=1S/C22H42N8O7/c1-12(2)10-13(24)18(33)30-16(11-17(31)32)20(35)28-14(6-3-4-8-23)19(34)29-15(21(36)37)7-5-9-27-22(25)26/h12-16H,3-11,23-24H2,1-2H3,(H,28,35)(H,29,34)(H,30,33)(H,31,32)(H,36,37)(H4,25,26,27). The van der Waals surface area contributed by atoms with E-state index in [1.807, 2.05) is 13.8 Å². The molecule has 4 atom stereocenters. The molecule has 4 unspecified atom stereocenters. The molecule has 0 rings (SSSR count). The molecular formula is C22H42N8O7. The van der Waals surface area contributed by atoms with Gasteiger partial charge in [-0.05, 0) is 51.0 Å². The summed E-state index contributed by atoms with van der Waals surface area (Å²) in [5.74, 6) is -5.10. The number of aliphatic carboxylic acids is 2. The van der Waals surface area contributed by atoms with Crippen LogP contribution < -0.4 is 38.9 Å². The molecule has 0 aliphatic rings. The molecular weight excluding hydrogens is 488 g/mol. The second-order valence-electron chi connectivity index (χ2n) is 9.09. The quantitative estimate of drug-likeness (QED) is 0.0480. The fourth-order valence-corrected chi connectivity index (χ4v) is 3.34. The van der Waals surface area contributed by atoms with Gasteiger partial charge in [0.15, 0.2) is 5.96 Å². The third-order valence-electron chi connectivity index (χ3n) is 5.21. The van der Waals surface area contributed by atoms with E-state index in [0.29, 0.717) is 25.8 Å². The van der Waals surface area contributed by atoms with Gasteiger partial charge in [-0.1, -0.05) is 13.8 Å². The van der Waals surface area contributed by atoms with Crippen LogP contribution >= 0.6 is 0 Å². The van der Waals surface area contributed by atoms with Crippen molar-refractivity contribution < 1.29 is 34.2 Å². The Labute approximate surface area is 216 Å². The summed E-state index contributed by atoms with van der Waals surface area (Å²) < 4.78 is 0. The van der Waals surface area contributed by atoms with Crippen molar-refractivity contribution in [1.82, 2.24) is 16.0 Å². The second-order valence-corrected chi connectivity index (χ2v) is 9.09. The van der Waals surface area contributed by atoms with Crippen molar-refractivity contribution in [3.8, 4) is 0 Å². The first kappa shape index (κ1) is 33.5. The number of hydrogen-bond donors (Lipinski definition) is 9. The molecule has 0 aromatic heterocycles. The van der Waals surface area contributed by atoms with Gasteiger partial charge in [0, 0.05) is 6.54 Å². The van der Waals surface area contributed by atoms with Crippen molar-refractivity contribution in [2.75, 3.05) is 13.1 Å². The van der Waals surface area contributed by atoms with Crippen LogP contribution in [0.15, 0.2) is 4.99 Å². The molecule has 13 N–H and O–H groups in total. The van der Waals surface area contributed by atoms with Gasteiger partial charge in [-0.25, -0.2) is 4.79 Å². The summed E-state index contributed by atoms with van der Waals surface area (Å²) in [6.07, 6.45) is 0.917. The fourth-order valence-electron chi connectivity index (χ4n) is 3.34. The number of nitrogens with zero attached hydrogens (tertiary/aromatic N) is 1. The molecule has 0 heterocycles. The zero-order valence-electron chi connectivity index (χ0n) is 21.4. The van der Waals surface area contributed by atoms with Gasteiger partial charge in [0.1, 0.15) is 18.1 Å². The maximum Gasteiger partial charge on any atom is 0.326 e. The first-order chi connectivity index (χ1) is 17.3. The molecule has 212 valence electrons. The Kier molecular flexibility index (Phi) is 16.2. The van der Waals surface area contributed by atoms with Crippen LogP contribution in [0, 0.1) is 5.92 Å². The normalized spacial score (nSPS) is 14.1. The summed E-state index contributed by atoms with van der Waals surface area (Å²) in [5, 5.41) is 25.8. The van der Waals surface area contributed by atoms with E-state index >= 15 is 0 Å². The molecule has 0 saturated carbocycles. The Bertz CT molecular complexity index is 802. The molecule has 0 radical (unpaired) electrons. The number of rotatable bonds is 19. The molecule has 15 nitrogen and oxygen atoms in total. The number of nitrogens with one attached hydrogen (secondary N) is 3.